The summed E-state index contributed by atoms with van der Waals surface area (Å²) >= 11 is 0. The molecule has 1 aromatic carbocycles. The van der Waals surface area contributed by atoms with Crippen LogP contribution in [0.15, 0.2) is 79.4 Å². The van der Waals surface area contributed by atoms with Crippen molar-refractivity contribution in [1.82, 2.24) is 39.6 Å². The van der Waals surface area contributed by atoms with Crippen LogP contribution in [0.2, 0.25) is 0 Å². The van der Waals surface area contributed by atoms with Gasteiger partial charge in [-0.05, 0) is 98.1 Å². The van der Waals surface area contributed by atoms with Gasteiger partial charge in [0, 0.05) is 73.2 Å². The van der Waals surface area contributed by atoms with Crippen LogP contribution in [0.1, 0.15) is 42.4 Å². The Balaban J connectivity index is 0.000000192. The Kier molecular flexibility index (Phi) is 12.4. The van der Waals surface area contributed by atoms with E-state index in [1.54, 1.807) is 23.5 Å². The quantitative estimate of drug-likeness (QED) is 0.135. The van der Waals surface area contributed by atoms with E-state index in [2.05, 4.69) is 46.5 Å². The minimum atomic E-state index is -3.49. The Morgan fingerprint density at radius 2 is 1.38 bits per heavy atom. The van der Waals surface area contributed by atoms with Crippen molar-refractivity contribution in [3.63, 3.8) is 0 Å². The number of carbonyl (C=O) groups is 1. The lowest BCUT2D eigenvalue weighted by molar-refractivity contribution is -0.126. The summed E-state index contributed by atoms with van der Waals surface area (Å²) in [6, 6.07) is 16.8. The molecule has 52 heavy (non-hydrogen) atoms. The number of fused-ring (bicyclic) bond motifs is 2. The molecule has 2 fully saturated rings. The van der Waals surface area contributed by atoms with E-state index in [0.717, 1.165) is 77.5 Å². The first kappa shape index (κ1) is 37.2. The van der Waals surface area contributed by atoms with Gasteiger partial charge in [-0.1, -0.05) is 24.1 Å². The summed E-state index contributed by atoms with van der Waals surface area (Å²) in [7, 11) is -6.74. The van der Waals surface area contributed by atoms with Crippen LogP contribution < -0.4 is 14.8 Å². The van der Waals surface area contributed by atoms with Gasteiger partial charge in [-0.25, -0.2) is 36.2 Å². The van der Waals surface area contributed by atoms with Gasteiger partial charge in [0.25, 0.3) is 5.91 Å². The van der Waals surface area contributed by atoms with Crippen LogP contribution in [0.4, 0.5) is 0 Å². The molecule has 2 aliphatic heterocycles. The van der Waals surface area contributed by atoms with Gasteiger partial charge < -0.3 is 20.2 Å². The number of nitrogens with one attached hydrogen (secondary N) is 5. The van der Waals surface area contributed by atoms with Gasteiger partial charge in [0.1, 0.15) is 11.3 Å². The molecule has 0 radical (unpaired) electrons. The lowest BCUT2D eigenvalue weighted by Gasteiger charge is -2.31. The molecule has 2 unspecified atom stereocenters. The zero-order valence-corrected chi connectivity index (χ0v) is 30.5. The molecular weight excluding hydrogens is 701 g/mol. The van der Waals surface area contributed by atoms with E-state index in [4.69, 9.17) is 0 Å². The first-order valence-electron chi connectivity index (χ1n) is 17.5. The molecule has 2 aliphatic rings. The number of benzene rings is 1. The molecule has 4 aromatic heterocycles. The first-order chi connectivity index (χ1) is 25.1. The number of likely N-dealkylation sites (tertiary alicyclic amines) is 1. The largest absolute Gasteiger partial charge is 0.346 e. The van der Waals surface area contributed by atoms with E-state index in [1.807, 2.05) is 60.8 Å². The fourth-order valence-corrected chi connectivity index (χ4v) is 9.42. The fraction of sp³-hybridized carbons (Fsp3) is 0.378. The molecule has 2 atom stereocenters. The van der Waals surface area contributed by atoms with Gasteiger partial charge in [0.15, 0.2) is 0 Å². The number of rotatable bonds is 10. The molecule has 13 nitrogen and oxygen atoms in total. The molecule has 5 aromatic rings. The maximum absolute atomic E-state index is 12.7. The standard InChI is InChI=1S/C23H24N4O3S.C14H20N4O2S/c28-22(9-8-18-5-2-1-3-6-18)27-14-4-7-19(16-27)17-31(29,30)26-15-20-10-12-24-23-21(20)11-13-25-23;19-21(20,10-11-2-1-5-15-8-11)18-9-12-3-6-16-14-13(12)4-7-17-14/h1-3,5-6,10-13,19,26H,4,7,14-17H2,(H,24,25);3-4,6-7,11,15,18H,1-2,5,8-10H2,(H,16,17). The van der Waals surface area contributed by atoms with Gasteiger partial charge in [0.05, 0.1) is 11.5 Å². The van der Waals surface area contributed by atoms with Crippen molar-refractivity contribution < 1.29 is 21.6 Å². The number of hydrogen-bond donors (Lipinski definition) is 5. The maximum Gasteiger partial charge on any atom is 0.298 e. The summed E-state index contributed by atoms with van der Waals surface area (Å²) in [4.78, 5) is 28.6. The third-order valence-electron chi connectivity index (χ3n) is 9.27. The van der Waals surface area contributed by atoms with Crippen LogP contribution >= 0.6 is 0 Å². The third kappa shape index (κ3) is 10.5. The topological polar surface area (TPSA) is 182 Å². The summed E-state index contributed by atoms with van der Waals surface area (Å²) in [5.41, 5.74) is 4.10. The normalized spacial score (nSPS) is 18.0. The maximum atomic E-state index is 12.7. The Morgan fingerprint density at radius 1 is 0.788 bits per heavy atom. The van der Waals surface area contributed by atoms with Crippen LogP contribution in [0.5, 0.6) is 0 Å². The zero-order chi connectivity index (χ0) is 36.4. The summed E-state index contributed by atoms with van der Waals surface area (Å²) < 4.78 is 55.1. The Labute approximate surface area is 304 Å². The number of hydrogen-bond acceptors (Lipinski definition) is 8. The predicted molar refractivity (Wildman–Crippen MR) is 202 cm³/mol. The minimum absolute atomic E-state index is 0.00967. The van der Waals surface area contributed by atoms with Crippen LogP contribution in [0, 0.1) is 23.7 Å². The van der Waals surface area contributed by atoms with Crippen molar-refractivity contribution in [3.05, 3.63) is 96.1 Å². The highest BCUT2D eigenvalue weighted by molar-refractivity contribution is 7.89. The van der Waals surface area contributed by atoms with Crippen molar-refractivity contribution in [2.45, 2.75) is 38.8 Å². The summed E-state index contributed by atoms with van der Waals surface area (Å²) in [5.74, 6) is 5.58. The highest BCUT2D eigenvalue weighted by Crippen LogP contribution is 2.20. The van der Waals surface area contributed by atoms with Gasteiger partial charge in [-0.2, -0.15) is 0 Å². The van der Waals surface area contributed by atoms with Crippen molar-refractivity contribution in [2.24, 2.45) is 11.8 Å². The number of sulfonamides is 2. The molecule has 1 amide bonds. The average Bonchev–Trinajstić information content (AvgIpc) is 3.84. The summed E-state index contributed by atoms with van der Waals surface area (Å²) in [6.07, 6.45) is 10.5. The predicted octanol–water partition coefficient (Wildman–Crippen LogP) is 3.25. The number of amides is 1. The van der Waals surface area contributed by atoms with E-state index in [0.29, 0.717) is 19.6 Å². The van der Waals surface area contributed by atoms with Crippen molar-refractivity contribution >= 4 is 48.0 Å². The number of H-pyrrole nitrogens is 2. The number of nitrogens with zero attached hydrogens (tertiary/aromatic N) is 3. The zero-order valence-electron chi connectivity index (χ0n) is 28.8. The molecule has 5 N–H and O–H groups in total. The third-order valence-corrected chi connectivity index (χ3v) is 12.3. The van der Waals surface area contributed by atoms with Gasteiger partial charge in [-0.3, -0.25) is 4.79 Å². The highest BCUT2D eigenvalue weighted by atomic mass is 32.2. The lowest BCUT2D eigenvalue weighted by Crippen LogP contribution is -2.42. The van der Waals surface area contributed by atoms with E-state index in [9.17, 15) is 21.6 Å². The van der Waals surface area contributed by atoms with E-state index in [-0.39, 0.29) is 35.8 Å². The summed E-state index contributed by atoms with van der Waals surface area (Å²) in [5, 5.41) is 5.10. The monoisotopic (exact) mass is 744 g/mol. The molecule has 15 heteroatoms. The van der Waals surface area contributed by atoms with E-state index in [1.165, 1.54) is 0 Å². The second-order valence-corrected chi connectivity index (χ2v) is 16.9. The molecule has 7 rings (SSSR count). The molecular formula is C37H44N8O5S2. The molecule has 2 saturated heterocycles. The molecule has 0 aliphatic carbocycles. The Morgan fingerprint density at radius 3 is 1.98 bits per heavy atom. The highest BCUT2D eigenvalue weighted by Gasteiger charge is 2.27. The second-order valence-electron chi connectivity index (χ2n) is 13.2. The average molecular weight is 745 g/mol. The first-order valence-corrected chi connectivity index (χ1v) is 20.8. The second kappa shape index (κ2) is 17.3. The Hall–Kier alpha value is -4.59. The smallest absolute Gasteiger partial charge is 0.298 e. The summed E-state index contributed by atoms with van der Waals surface area (Å²) in [6.45, 7) is 3.30. The fourth-order valence-electron chi connectivity index (χ4n) is 6.64. The number of piperidine rings is 2. The molecule has 274 valence electrons. The van der Waals surface area contributed by atoms with E-state index >= 15 is 0 Å². The molecule has 6 heterocycles. The number of aromatic nitrogens is 4. The van der Waals surface area contributed by atoms with Crippen LogP contribution in [0.3, 0.4) is 0 Å². The number of aromatic amines is 2. The van der Waals surface area contributed by atoms with Crippen molar-refractivity contribution in [3.8, 4) is 11.8 Å². The van der Waals surface area contributed by atoms with Crippen LogP contribution in [0.25, 0.3) is 22.1 Å². The molecule has 0 saturated carbocycles. The van der Waals surface area contributed by atoms with Gasteiger partial charge >= 0.3 is 0 Å². The van der Waals surface area contributed by atoms with E-state index < -0.39 is 20.0 Å². The molecule has 0 bridgehead atoms. The number of carbonyl (C=O) groups excluding carboxylic acids is 1. The van der Waals surface area contributed by atoms with Gasteiger partial charge in [0.2, 0.25) is 20.0 Å². The van der Waals surface area contributed by atoms with Crippen molar-refractivity contribution in [2.75, 3.05) is 37.7 Å². The SMILES string of the molecule is O=C(C#Cc1ccccc1)N1CCCC(CS(=O)(=O)NCc2ccnc3[nH]ccc23)C1.O=S(=O)(CC1CCCNC1)NCc1ccnc2[nH]ccc12. The Bertz CT molecular complexity index is 2240. The van der Waals surface area contributed by atoms with Crippen molar-refractivity contribution in [1.29, 1.82) is 0 Å². The van der Waals surface area contributed by atoms with Gasteiger partial charge in [-0.15, -0.1) is 0 Å². The van der Waals surface area contributed by atoms with Crippen LogP contribution in [-0.4, -0.2) is 85.3 Å². The van der Waals surface area contributed by atoms with Crippen LogP contribution in [-0.2, 0) is 37.9 Å². The lowest BCUT2D eigenvalue weighted by atomic mass is 10.00. The minimum Gasteiger partial charge on any atom is -0.346 e. The molecule has 0 spiro atoms. The number of pyridine rings is 2.